The fourth-order valence-corrected chi connectivity index (χ4v) is 0. The smallest absolute Gasteiger partial charge is 0 e. The summed E-state index contributed by atoms with van der Waals surface area (Å²) >= 11 is 0. The van der Waals surface area contributed by atoms with Gasteiger partial charge in [0.15, 0.2) is 0 Å². The third-order valence-corrected chi connectivity index (χ3v) is 0. The van der Waals surface area contributed by atoms with Gasteiger partial charge in [-0.25, -0.2) is 0 Å². The number of rotatable bonds is 0. The van der Waals surface area contributed by atoms with Gasteiger partial charge in [0, 0.05) is 97.4 Å². The third kappa shape index (κ3) is 9.42. The average Bonchev–Trinajstić information content (AvgIpc) is 0. The third-order valence-electron chi connectivity index (χ3n) is 0. The zero-order valence-electron chi connectivity index (χ0n) is 1.69. The fraction of sp³-hybridized carbons (Fsp3) is 0. The summed E-state index contributed by atoms with van der Waals surface area (Å²) in [6.07, 6.45) is 0. The van der Waals surface area contributed by atoms with Crippen LogP contribution in [0.1, 0.15) is 0 Å². The van der Waals surface area contributed by atoms with Crippen molar-refractivity contribution in [3.8, 4) is 0 Å². The SMILES string of the molecule is [Ce].[Fe].[PoH2].[Tb]. The van der Waals surface area contributed by atoms with Crippen molar-refractivity contribution in [1.82, 2.24) is 0 Å². The molecule has 0 bridgehead atoms. The second-order valence-corrected chi connectivity index (χ2v) is 0. The van der Waals surface area contributed by atoms with E-state index in [2.05, 4.69) is 0 Å². The van der Waals surface area contributed by atoms with E-state index in [0.717, 1.165) is 0 Å². The van der Waals surface area contributed by atoms with Gasteiger partial charge in [-0.05, 0) is 0 Å². The Morgan fingerprint density at radius 3 is 1.00 bits per heavy atom. The van der Waals surface area contributed by atoms with Crippen molar-refractivity contribution in [3.05, 3.63) is 0 Å². The maximum absolute atomic E-state index is 0. The molecule has 0 aliphatic heterocycles. The Balaban J connectivity index is 0. The monoisotopic (exact) mass is 566 g/mol. The Labute approximate surface area is 120 Å². The minimum atomic E-state index is 0. The summed E-state index contributed by atoms with van der Waals surface area (Å²) in [4.78, 5) is 0. The summed E-state index contributed by atoms with van der Waals surface area (Å²) in [5.74, 6) is 0. The predicted octanol–water partition coefficient (Wildman–Crippen LogP) is -0.919. The maximum Gasteiger partial charge on any atom is 0 e. The van der Waals surface area contributed by atoms with E-state index in [4.69, 9.17) is 0 Å². The van der Waals surface area contributed by atoms with E-state index in [0.29, 0.717) is 0 Å². The molecule has 0 unspecified atom stereocenters. The van der Waals surface area contributed by atoms with Gasteiger partial charge in [-0.2, -0.15) is 0 Å². The summed E-state index contributed by atoms with van der Waals surface area (Å²) in [7, 11) is 0. The molecular weight excluding hydrogens is 564 g/mol. The van der Waals surface area contributed by atoms with Gasteiger partial charge in [-0.3, -0.25) is 0 Å². The number of hydrogen-bond acceptors (Lipinski definition) is 0. The first-order valence-electron chi connectivity index (χ1n) is 0. The minimum absolute atomic E-state index is 0. The Bertz CT molecular complexity index is 8.00. The fourth-order valence-electron chi connectivity index (χ4n) is 0. The van der Waals surface area contributed by atoms with Crippen LogP contribution in [0.4, 0.5) is 0 Å². The van der Waals surface area contributed by atoms with Crippen LogP contribution in [0.2, 0.25) is 0 Å². The molecule has 0 aromatic rings. The van der Waals surface area contributed by atoms with Crippen LogP contribution in [-0.2, 0) is 17.1 Å². The quantitative estimate of drug-likeness (QED) is 0.334. The molecule has 0 heterocycles. The van der Waals surface area contributed by atoms with Gasteiger partial charge in [0.25, 0.3) is 0 Å². The van der Waals surface area contributed by atoms with E-state index in [-0.39, 0.29) is 124 Å². The molecule has 0 aromatic carbocycles. The Morgan fingerprint density at radius 2 is 1.00 bits per heavy atom. The molecule has 0 nitrogen and oxygen atoms in total. The van der Waals surface area contributed by atoms with E-state index in [9.17, 15) is 0 Å². The van der Waals surface area contributed by atoms with Gasteiger partial charge >= 0.3 is 26.6 Å². The van der Waals surface area contributed by atoms with Gasteiger partial charge in [-0.15, -0.1) is 0 Å². The van der Waals surface area contributed by atoms with Crippen molar-refractivity contribution in [2.24, 2.45) is 0 Å². The second-order valence-electron chi connectivity index (χ2n) is 0. The van der Waals surface area contributed by atoms with E-state index in [1.54, 1.807) is 0 Å². The van der Waals surface area contributed by atoms with Crippen molar-refractivity contribution in [2.75, 3.05) is 0 Å². The van der Waals surface area contributed by atoms with E-state index < -0.39 is 0 Å². The van der Waals surface area contributed by atoms with Crippen LogP contribution < -0.4 is 0 Å². The first-order chi connectivity index (χ1) is 0. The maximum atomic E-state index is 0. The van der Waals surface area contributed by atoms with Crippen LogP contribution in [0.15, 0.2) is 0 Å². The van der Waals surface area contributed by atoms with E-state index >= 15 is 0 Å². The molecule has 0 spiro atoms. The van der Waals surface area contributed by atoms with Gasteiger partial charge in [0.05, 0.1) is 0 Å². The minimum Gasteiger partial charge on any atom is 0 e. The Morgan fingerprint density at radius 1 is 1.00 bits per heavy atom. The van der Waals surface area contributed by atoms with E-state index in [1.165, 1.54) is 0 Å². The summed E-state index contributed by atoms with van der Waals surface area (Å²) in [5.41, 5.74) is 0. The molecule has 0 saturated heterocycles. The van der Waals surface area contributed by atoms with Crippen LogP contribution in [0.5, 0.6) is 0 Å². The molecule has 0 fully saturated rings. The predicted molar refractivity (Wildman–Crippen MR) is 8.54 cm³/mol. The molecule has 0 rings (SSSR count). The first kappa shape index (κ1) is 24.3. The molecule has 0 aromatic heterocycles. The molecule has 0 amide bonds. The Hall–Kier alpha value is 4.08. The topological polar surface area (TPSA) is 0 Å². The van der Waals surface area contributed by atoms with Crippen LogP contribution in [-0.4, -0.2) is 26.6 Å². The van der Waals surface area contributed by atoms with Crippen molar-refractivity contribution in [1.29, 1.82) is 0 Å². The molecule has 0 atom stereocenters. The molecule has 0 aliphatic carbocycles. The van der Waals surface area contributed by atoms with Crippen molar-refractivity contribution in [3.63, 3.8) is 0 Å². The molecular formula is H2CeFePoTb. The van der Waals surface area contributed by atoms with Gasteiger partial charge in [0.2, 0.25) is 0 Å². The summed E-state index contributed by atoms with van der Waals surface area (Å²) in [6.45, 7) is 0. The summed E-state index contributed by atoms with van der Waals surface area (Å²) in [6, 6.07) is 0. The molecule has 0 aliphatic rings. The molecule has 29 valence electrons. The number of hydrogen-bond donors (Lipinski definition) is 0. The zero-order valence-corrected chi connectivity index (χ0v) is 12.0. The summed E-state index contributed by atoms with van der Waals surface area (Å²) < 4.78 is 0. The molecule has 4 heteroatoms. The van der Waals surface area contributed by atoms with Crippen molar-refractivity contribution in [2.45, 2.75) is 0 Å². The molecule has 1 radical (unpaired) electrons. The van der Waals surface area contributed by atoms with Gasteiger partial charge < -0.3 is 0 Å². The van der Waals surface area contributed by atoms with Gasteiger partial charge in [-0.1, -0.05) is 0 Å². The van der Waals surface area contributed by atoms with Crippen LogP contribution >= 0.6 is 0 Å². The normalized spacial score (nSPS) is 0. The molecule has 4 heavy (non-hydrogen) atoms. The van der Waals surface area contributed by atoms with Crippen molar-refractivity contribution < 1.29 is 97.4 Å². The van der Waals surface area contributed by atoms with Gasteiger partial charge in [0.1, 0.15) is 0 Å². The second kappa shape index (κ2) is 15.7. The van der Waals surface area contributed by atoms with Crippen LogP contribution in [0, 0.1) is 80.4 Å². The first-order valence-corrected chi connectivity index (χ1v) is 0. The zero-order chi connectivity index (χ0) is 0. The van der Waals surface area contributed by atoms with Crippen molar-refractivity contribution >= 4 is 26.6 Å². The van der Waals surface area contributed by atoms with Crippen LogP contribution in [0.25, 0.3) is 0 Å². The van der Waals surface area contributed by atoms with Crippen LogP contribution in [0.3, 0.4) is 0 Å². The van der Waals surface area contributed by atoms with E-state index in [1.807, 2.05) is 0 Å². The molecule has 0 saturated carbocycles. The average molecular weight is 566 g/mol. The largest absolute Gasteiger partial charge is 0 e. The molecule has 0 N–H and O–H groups in total. The standard InChI is InChI=1S/Ce.Fe.Po.Tb.2H. The Kier molecular flexibility index (Phi) is 95.7. The summed E-state index contributed by atoms with van der Waals surface area (Å²) in [5, 5.41) is 0.